The van der Waals surface area contributed by atoms with Crippen LogP contribution in [-0.4, -0.2) is 11.1 Å². The minimum atomic E-state index is -1.08. The molecule has 0 aliphatic heterocycles. The van der Waals surface area contributed by atoms with Gasteiger partial charge in [0, 0.05) is 0 Å². The fourth-order valence-electron chi connectivity index (χ4n) is 1.00. The van der Waals surface area contributed by atoms with Crippen LogP contribution in [0.25, 0.3) is 0 Å². The lowest BCUT2D eigenvalue weighted by atomic mass is 10.1. The molecule has 0 aromatic heterocycles. The predicted octanol–water partition coefficient (Wildman–Crippen LogP) is 1.32. The van der Waals surface area contributed by atoms with Crippen LogP contribution in [0.15, 0.2) is 18.2 Å². The molecule has 0 amide bonds. The highest BCUT2D eigenvalue weighted by Gasteiger charge is 2.09. The highest BCUT2D eigenvalue weighted by atomic mass is 19.1. The van der Waals surface area contributed by atoms with Crippen molar-refractivity contribution in [2.75, 3.05) is 0 Å². The second kappa shape index (κ2) is 3.68. The predicted molar refractivity (Wildman–Crippen MR) is 42.5 cm³/mol. The zero-order valence-electron chi connectivity index (χ0n) is 6.62. The van der Waals surface area contributed by atoms with Crippen LogP contribution in [0.5, 0.6) is 0 Å². The number of benzene rings is 1. The Morgan fingerprint density at radius 2 is 2.31 bits per heavy atom. The van der Waals surface area contributed by atoms with Gasteiger partial charge in [-0.25, -0.2) is 4.39 Å². The third-order valence-electron chi connectivity index (χ3n) is 1.55. The molecule has 0 radical (unpaired) electrons. The van der Waals surface area contributed by atoms with Gasteiger partial charge < -0.3 is 5.11 Å². The topological polar surface area (TPSA) is 61.1 Å². The summed E-state index contributed by atoms with van der Waals surface area (Å²) in [6.45, 7) is 0. The van der Waals surface area contributed by atoms with Crippen LogP contribution in [-0.2, 0) is 11.2 Å². The molecule has 66 valence electrons. The smallest absolute Gasteiger partial charge is 0.307 e. The second-order valence-corrected chi connectivity index (χ2v) is 2.46. The lowest BCUT2D eigenvalue weighted by molar-refractivity contribution is -0.136. The van der Waals surface area contributed by atoms with E-state index < -0.39 is 11.8 Å². The SMILES string of the molecule is N#Cc1c(F)cccc1CC(=O)O. The summed E-state index contributed by atoms with van der Waals surface area (Å²) in [5.41, 5.74) is 0.0138. The first-order chi connectivity index (χ1) is 6.15. The van der Waals surface area contributed by atoms with Crippen LogP contribution in [0, 0.1) is 17.1 Å². The van der Waals surface area contributed by atoms with Crippen molar-refractivity contribution in [2.24, 2.45) is 0 Å². The Hall–Kier alpha value is -1.89. The maximum atomic E-state index is 12.9. The van der Waals surface area contributed by atoms with Crippen molar-refractivity contribution < 1.29 is 14.3 Å². The summed E-state index contributed by atoms with van der Waals surface area (Å²) in [4.78, 5) is 10.3. The van der Waals surface area contributed by atoms with Gasteiger partial charge >= 0.3 is 5.97 Å². The largest absolute Gasteiger partial charge is 0.481 e. The molecule has 0 fully saturated rings. The number of nitrogens with zero attached hydrogens (tertiary/aromatic N) is 1. The zero-order chi connectivity index (χ0) is 9.84. The van der Waals surface area contributed by atoms with Gasteiger partial charge in [-0.2, -0.15) is 5.26 Å². The third-order valence-corrected chi connectivity index (χ3v) is 1.55. The highest BCUT2D eigenvalue weighted by molar-refractivity contribution is 5.71. The van der Waals surface area contributed by atoms with Gasteiger partial charge in [0.25, 0.3) is 0 Å². The van der Waals surface area contributed by atoms with Gasteiger partial charge in [-0.05, 0) is 11.6 Å². The van der Waals surface area contributed by atoms with Crippen molar-refractivity contribution >= 4 is 5.97 Å². The van der Waals surface area contributed by atoms with E-state index in [4.69, 9.17) is 10.4 Å². The van der Waals surface area contributed by atoms with Crippen LogP contribution in [0.1, 0.15) is 11.1 Å². The van der Waals surface area contributed by atoms with E-state index in [2.05, 4.69) is 0 Å². The second-order valence-electron chi connectivity index (χ2n) is 2.46. The van der Waals surface area contributed by atoms with Gasteiger partial charge in [-0.1, -0.05) is 12.1 Å². The van der Waals surface area contributed by atoms with E-state index in [1.165, 1.54) is 12.1 Å². The number of aliphatic carboxylic acids is 1. The van der Waals surface area contributed by atoms with E-state index in [-0.39, 0.29) is 17.5 Å². The standard InChI is InChI=1S/C9H6FNO2/c10-8-3-1-2-6(4-9(12)13)7(8)5-11/h1-3H,4H2,(H,12,13). The molecule has 4 heteroatoms. The molecule has 0 saturated carbocycles. The molecule has 1 aromatic carbocycles. The average Bonchev–Trinajstić information content (AvgIpc) is 2.03. The Bertz CT molecular complexity index is 382. The molecule has 1 aromatic rings. The number of carboxylic acid groups (broad SMARTS) is 1. The summed E-state index contributed by atoms with van der Waals surface area (Å²) in [5, 5.41) is 17.0. The molecule has 0 heterocycles. The lowest BCUT2D eigenvalue weighted by Crippen LogP contribution is -2.03. The van der Waals surface area contributed by atoms with Crippen molar-refractivity contribution in [1.29, 1.82) is 5.26 Å². The van der Waals surface area contributed by atoms with Crippen LogP contribution < -0.4 is 0 Å². The molecule has 3 nitrogen and oxygen atoms in total. The van der Waals surface area contributed by atoms with E-state index in [0.717, 1.165) is 6.07 Å². The van der Waals surface area contributed by atoms with Crippen molar-refractivity contribution in [2.45, 2.75) is 6.42 Å². The molecule has 1 rings (SSSR count). The first kappa shape index (κ1) is 9.20. The summed E-state index contributed by atoms with van der Waals surface area (Å²) in [6.07, 6.45) is -0.333. The Kier molecular flexibility index (Phi) is 2.60. The molecule has 0 saturated heterocycles. The minimum Gasteiger partial charge on any atom is -0.481 e. The first-order valence-corrected chi connectivity index (χ1v) is 3.54. The number of carboxylic acids is 1. The molecular weight excluding hydrogens is 173 g/mol. The average molecular weight is 179 g/mol. The van der Waals surface area contributed by atoms with Gasteiger partial charge in [-0.15, -0.1) is 0 Å². The fourth-order valence-corrected chi connectivity index (χ4v) is 1.00. The van der Waals surface area contributed by atoms with E-state index in [9.17, 15) is 9.18 Å². The maximum Gasteiger partial charge on any atom is 0.307 e. The summed E-state index contributed by atoms with van der Waals surface area (Å²) in [5.74, 6) is -1.76. The normalized spacial score (nSPS) is 9.23. The molecule has 0 bridgehead atoms. The molecule has 0 aliphatic carbocycles. The highest BCUT2D eigenvalue weighted by Crippen LogP contribution is 2.12. The van der Waals surface area contributed by atoms with Gasteiger partial charge in [0.05, 0.1) is 12.0 Å². The molecule has 1 N–H and O–H groups in total. The van der Waals surface area contributed by atoms with Crippen molar-refractivity contribution in [3.63, 3.8) is 0 Å². The summed E-state index contributed by atoms with van der Waals surface area (Å²) >= 11 is 0. The van der Waals surface area contributed by atoms with E-state index in [1.54, 1.807) is 6.07 Å². The molecule has 13 heavy (non-hydrogen) atoms. The molecule has 0 atom stereocenters. The van der Waals surface area contributed by atoms with Gasteiger partial charge in [0.1, 0.15) is 11.9 Å². The Balaban J connectivity index is 3.14. The number of hydrogen-bond acceptors (Lipinski definition) is 2. The Labute approximate surface area is 74.0 Å². The molecule has 0 spiro atoms. The number of carbonyl (C=O) groups is 1. The number of rotatable bonds is 2. The number of nitriles is 1. The zero-order valence-corrected chi connectivity index (χ0v) is 6.62. The Morgan fingerprint density at radius 3 is 2.85 bits per heavy atom. The summed E-state index contributed by atoms with van der Waals surface area (Å²) in [7, 11) is 0. The van der Waals surface area contributed by atoms with Gasteiger partial charge in [-0.3, -0.25) is 4.79 Å². The molecule has 0 unspecified atom stereocenters. The quantitative estimate of drug-likeness (QED) is 0.744. The number of halogens is 1. The van der Waals surface area contributed by atoms with E-state index in [1.807, 2.05) is 0 Å². The van der Waals surface area contributed by atoms with Crippen molar-refractivity contribution in [3.05, 3.63) is 35.1 Å². The van der Waals surface area contributed by atoms with Gasteiger partial charge in [0.15, 0.2) is 0 Å². The van der Waals surface area contributed by atoms with Crippen LogP contribution in [0.3, 0.4) is 0 Å². The van der Waals surface area contributed by atoms with Gasteiger partial charge in [0.2, 0.25) is 0 Å². The van der Waals surface area contributed by atoms with E-state index in [0.29, 0.717) is 0 Å². The summed E-state index contributed by atoms with van der Waals surface area (Å²) < 4.78 is 12.9. The van der Waals surface area contributed by atoms with Crippen LogP contribution >= 0.6 is 0 Å². The first-order valence-electron chi connectivity index (χ1n) is 3.54. The minimum absolute atomic E-state index is 0.190. The van der Waals surface area contributed by atoms with Crippen molar-refractivity contribution in [1.82, 2.24) is 0 Å². The van der Waals surface area contributed by atoms with Crippen molar-refractivity contribution in [3.8, 4) is 6.07 Å². The van der Waals surface area contributed by atoms with Crippen LogP contribution in [0.2, 0.25) is 0 Å². The Morgan fingerprint density at radius 1 is 1.62 bits per heavy atom. The molecular formula is C9H6FNO2. The number of hydrogen-bond donors (Lipinski definition) is 1. The monoisotopic (exact) mass is 179 g/mol. The third kappa shape index (κ3) is 2.03. The fraction of sp³-hybridized carbons (Fsp3) is 0.111. The van der Waals surface area contributed by atoms with Crippen LogP contribution in [0.4, 0.5) is 4.39 Å². The lowest BCUT2D eigenvalue weighted by Gasteiger charge is -2.00. The van der Waals surface area contributed by atoms with E-state index >= 15 is 0 Å². The summed E-state index contributed by atoms with van der Waals surface area (Å²) in [6, 6.07) is 5.57. The maximum absolute atomic E-state index is 12.9. The molecule has 0 aliphatic rings.